The number of hydrogen-bond donors (Lipinski definition) is 2. The molecule has 6 aliphatic rings. The quantitative estimate of drug-likeness (QED) is 0.257. The summed E-state index contributed by atoms with van der Waals surface area (Å²) in [5, 5.41) is 12.7. The van der Waals surface area contributed by atoms with Crippen LogP contribution in [0.5, 0.6) is 0 Å². The molecule has 1 aromatic carbocycles. The van der Waals surface area contributed by atoms with Crippen LogP contribution in [0.2, 0.25) is 0 Å². The molecule has 0 heterocycles. The van der Waals surface area contributed by atoms with Crippen LogP contribution in [0.1, 0.15) is 139 Å². The minimum atomic E-state index is -0.838. The molecule has 1 amide bonds. The molecule has 0 radical (unpaired) electrons. The Morgan fingerprint density at radius 1 is 0.852 bits per heavy atom. The lowest BCUT2D eigenvalue weighted by atomic mass is 9.33. The van der Waals surface area contributed by atoms with E-state index in [1.807, 2.05) is 13.8 Å². The molecule has 296 valence electrons. The fourth-order valence-corrected chi connectivity index (χ4v) is 14.3. The number of amides is 1. The average molecular weight is 746 g/mol. The molecule has 0 bridgehead atoms. The van der Waals surface area contributed by atoms with E-state index in [2.05, 4.69) is 53.8 Å². The number of carbonyl (C=O) groups is 4. The highest BCUT2D eigenvalue weighted by atomic mass is 19.1. The fraction of sp³-hybridized carbons (Fsp3) is 0.739. The van der Waals surface area contributed by atoms with Crippen LogP contribution in [0, 0.1) is 73.8 Å². The molecule has 0 aromatic heterocycles. The molecule has 54 heavy (non-hydrogen) atoms. The van der Waals surface area contributed by atoms with Gasteiger partial charge in [0.25, 0.3) is 0 Å². The van der Waals surface area contributed by atoms with Crippen LogP contribution < -0.4 is 5.32 Å². The summed E-state index contributed by atoms with van der Waals surface area (Å²) in [6.07, 6.45) is 8.68. The second-order valence-corrected chi connectivity index (χ2v) is 20.8. The number of Topliss-reactive ketones (excluding diaryl/α,β-unsaturated/α-hetero) is 1. The zero-order chi connectivity index (χ0) is 39.4. The van der Waals surface area contributed by atoms with E-state index in [-0.39, 0.29) is 69.0 Å². The Hall–Kier alpha value is -3.03. The standard InChI is InChI=1S/C46H64FNO6/c1-26(2)37-32(49)23-46(24-36(50)48-25-27-10-12-28(47)13-11-27)21-20-44(8)29(38(37)46)14-15-34-43(7)18-17-35(42(5,6)33(43)16-19-45(34,44)9)54-40(53)31-22-30(39(51)52)41(31,3)4/h10-13,26,29-31,33-35H,14-25H2,1-9H3,(H,48,50)(H,51,52)/t29-,30+,31-,33+,34-,35+,43+,44-,45-,46+/m1/s1. The maximum absolute atomic E-state index is 14.0. The molecule has 1 aromatic rings. The Labute approximate surface area is 322 Å². The highest BCUT2D eigenvalue weighted by Gasteiger charge is 2.70. The molecule has 5 saturated carbocycles. The van der Waals surface area contributed by atoms with E-state index < -0.39 is 22.7 Å². The van der Waals surface area contributed by atoms with Crippen molar-refractivity contribution in [3.05, 3.63) is 46.8 Å². The predicted octanol–water partition coefficient (Wildman–Crippen LogP) is 9.47. The summed E-state index contributed by atoms with van der Waals surface area (Å²) < 4.78 is 19.9. The number of allylic oxidation sites excluding steroid dienone is 2. The van der Waals surface area contributed by atoms with Crippen molar-refractivity contribution in [1.29, 1.82) is 0 Å². The van der Waals surface area contributed by atoms with Crippen LogP contribution in [-0.4, -0.2) is 34.8 Å². The lowest BCUT2D eigenvalue weighted by Crippen LogP contribution is -2.66. The molecule has 2 N–H and O–H groups in total. The first-order valence-electron chi connectivity index (χ1n) is 20.8. The molecule has 6 aliphatic carbocycles. The van der Waals surface area contributed by atoms with Crippen molar-refractivity contribution in [3.63, 3.8) is 0 Å². The number of carboxylic acids is 1. The van der Waals surface area contributed by atoms with E-state index in [0.29, 0.717) is 37.6 Å². The molecule has 8 heteroatoms. The normalized spacial score (nSPS) is 40.5. The second kappa shape index (κ2) is 13.0. The van der Waals surface area contributed by atoms with E-state index >= 15 is 0 Å². The maximum atomic E-state index is 14.0. The largest absolute Gasteiger partial charge is 0.481 e. The van der Waals surface area contributed by atoms with Crippen LogP contribution in [-0.2, 0) is 30.5 Å². The molecular formula is C46H64FNO6. The van der Waals surface area contributed by atoms with Crippen molar-refractivity contribution in [2.45, 2.75) is 146 Å². The minimum Gasteiger partial charge on any atom is -0.481 e. The molecule has 0 unspecified atom stereocenters. The first-order chi connectivity index (χ1) is 25.1. The molecule has 5 fully saturated rings. The van der Waals surface area contributed by atoms with E-state index in [1.54, 1.807) is 12.1 Å². The van der Waals surface area contributed by atoms with Gasteiger partial charge in [-0.1, -0.05) is 80.0 Å². The molecule has 10 atom stereocenters. The summed E-state index contributed by atoms with van der Waals surface area (Å²) in [4.78, 5) is 53.1. The number of ketones is 1. The Balaban J connectivity index is 1.12. The van der Waals surface area contributed by atoms with Crippen molar-refractivity contribution in [1.82, 2.24) is 5.32 Å². The number of hydrogen-bond acceptors (Lipinski definition) is 5. The van der Waals surface area contributed by atoms with Gasteiger partial charge in [-0.05, 0) is 126 Å². The number of esters is 1. The number of rotatable bonds is 8. The van der Waals surface area contributed by atoms with Gasteiger partial charge in [0.2, 0.25) is 5.91 Å². The summed E-state index contributed by atoms with van der Waals surface area (Å²) in [6.45, 7) is 20.6. The first-order valence-corrected chi connectivity index (χ1v) is 20.8. The van der Waals surface area contributed by atoms with Crippen LogP contribution in [0.15, 0.2) is 35.4 Å². The Bertz CT molecular complexity index is 1760. The first kappa shape index (κ1) is 39.2. The molecule has 0 spiro atoms. The van der Waals surface area contributed by atoms with Crippen LogP contribution in [0.4, 0.5) is 4.39 Å². The van der Waals surface area contributed by atoms with Gasteiger partial charge in [-0.15, -0.1) is 0 Å². The molecular weight excluding hydrogens is 682 g/mol. The van der Waals surface area contributed by atoms with Crippen molar-refractivity contribution in [2.24, 2.45) is 68.0 Å². The van der Waals surface area contributed by atoms with E-state index in [0.717, 1.165) is 62.5 Å². The van der Waals surface area contributed by atoms with Crippen molar-refractivity contribution >= 4 is 23.6 Å². The van der Waals surface area contributed by atoms with Crippen LogP contribution >= 0.6 is 0 Å². The number of carboxylic acid groups (broad SMARTS) is 1. The van der Waals surface area contributed by atoms with Crippen LogP contribution in [0.25, 0.3) is 0 Å². The van der Waals surface area contributed by atoms with Gasteiger partial charge in [0.15, 0.2) is 5.78 Å². The second-order valence-electron chi connectivity index (χ2n) is 20.8. The summed E-state index contributed by atoms with van der Waals surface area (Å²) in [5.74, 6) is -0.914. The number of benzene rings is 1. The number of carbonyl (C=O) groups excluding carboxylic acids is 3. The van der Waals surface area contributed by atoms with Gasteiger partial charge < -0.3 is 15.2 Å². The third-order valence-electron chi connectivity index (χ3n) is 17.5. The lowest BCUT2D eigenvalue weighted by molar-refractivity contribution is -0.236. The number of ether oxygens (including phenoxy) is 1. The highest BCUT2D eigenvalue weighted by molar-refractivity contribution is 6.01. The van der Waals surface area contributed by atoms with Gasteiger partial charge in [0.05, 0.1) is 11.8 Å². The number of fused-ring (bicyclic) bond motifs is 7. The Morgan fingerprint density at radius 3 is 2.17 bits per heavy atom. The molecule has 7 nitrogen and oxygen atoms in total. The zero-order valence-electron chi connectivity index (χ0n) is 34.2. The molecule has 7 rings (SSSR count). The van der Waals surface area contributed by atoms with Crippen molar-refractivity contribution < 1.29 is 33.4 Å². The predicted molar refractivity (Wildman–Crippen MR) is 205 cm³/mol. The summed E-state index contributed by atoms with van der Waals surface area (Å²) in [5.41, 5.74) is 1.90. The average Bonchev–Trinajstić information content (AvgIpc) is 3.37. The molecule has 0 saturated heterocycles. The monoisotopic (exact) mass is 745 g/mol. The van der Waals surface area contributed by atoms with E-state index in [1.165, 1.54) is 17.7 Å². The summed E-state index contributed by atoms with van der Waals surface area (Å²) >= 11 is 0. The van der Waals surface area contributed by atoms with Crippen LogP contribution in [0.3, 0.4) is 0 Å². The van der Waals surface area contributed by atoms with Gasteiger partial charge in [-0.2, -0.15) is 0 Å². The summed E-state index contributed by atoms with van der Waals surface area (Å²) in [7, 11) is 0. The topological polar surface area (TPSA) is 110 Å². The van der Waals surface area contributed by atoms with Crippen molar-refractivity contribution in [2.75, 3.05) is 0 Å². The van der Waals surface area contributed by atoms with Gasteiger partial charge in [0.1, 0.15) is 11.9 Å². The fourth-order valence-electron chi connectivity index (χ4n) is 14.3. The van der Waals surface area contributed by atoms with Crippen molar-refractivity contribution in [3.8, 4) is 0 Å². The number of halogens is 1. The summed E-state index contributed by atoms with van der Waals surface area (Å²) in [6, 6.07) is 6.22. The van der Waals surface area contributed by atoms with E-state index in [4.69, 9.17) is 4.74 Å². The number of aliphatic carboxylic acids is 1. The molecule has 0 aliphatic heterocycles. The maximum Gasteiger partial charge on any atom is 0.309 e. The van der Waals surface area contributed by atoms with Gasteiger partial charge in [-0.25, -0.2) is 4.39 Å². The smallest absolute Gasteiger partial charge is 0.309 e. The minimum absolute atomic E-state index is 0.0258. The van der Waals surface area contributed by atoms with Gasteiger partial charge in [-0.3, -0.25) is 19.2 Å². The van der Waals surface area contributed by atoms with E-state index in [9.17, 15) is 28.7 Å². The Kier molecular flexibility index (Phi) is 9.45. The number of nitrogens with one attached hydrogen (secondary N) is 1. The SMILES string of the molecule is CC(C)C1=C2[C@H]3CC[C@@H]4[C@@]5(C)CC[C@H](OC(=O)[C@H]6C[C@@H](C(=O)O)C6(C)C)C(C)(C)[C@@H]5CC[C@@]4(C)[C@]3(C)CC[C@@]2(CC(=O)NCc2ccc(F)cc2)CC1=O. The third kappa shape index (κ3) is 5.67. The van der Waals surface area contributed by atoms with Gasteiger partial charge >= 0.3 is 11.9 Å². The zero-order valence-corrected chi connectivity index (χ0v) is 34.2. The Morgan fingerprint density at radius 2 is 1.54 bits per heavy atom. The van der Waals surface area contributed by atoms with Gasteiger partial charge in [0, 0.05) is 30.2 Å². The third-order valence-corrected chi connectivity index (χ3v) is 17.5. The lowest BCUT2D eigenvalue weighted by Gasteiger charge is -2.72. The highest BCUT2D eigenvalue weighted by Crippen LogP contribution is 2.77.